The minimum absolute atomic E-state index is 0.142. The van der Waals surface area contributed by atoms with Crippen LogP contribution in [0, 0.1) is 12.7 Å². The molecule has 0 aliphatic carbocycles. The molecular formula is C22H23FN4O2. The van der Waals surface area contributed by atoms with Crippen molar-refractivity contribution in [1.82, 2.24) is 10.2 Å². The Bertz CT molecular complexity index is 946. The van der Waals surface area contributed by atoms with Crippen LogP contribution < -0.4 is 10.6 Å². The largest absolute Gasteiger partial charge is 0.326 e. The van der Waals surface area contributed by atoms with Crippen molar-refractivity contribution < 1.29 is 14.0 Å². The van der Waals surface area contributed by atoms with Gasteiger partial charge in [0, 0.05) is 37.2 Å². The maximum Gasteiger partial charge on any atom is 0.272 e. The van der Waals surface area contributed by atoms with Crippen molar-refractivity contribution in [3.63, 3.8) is 0 Å². The number of hydrogen-bond donors (Lipinski definition) is 2. The summed E-state index contributed by atoms with van der Waals surface area (Å²) in [5, 5.41) is 5.82. The van der Waals surface area contributed by atoms with Gasteiger partial charge in [0.25, 0.3) is 5.91 Å². The summed E-state index contributed by atoms with van der Waals surface area (Å²) in [6, 6.07) is 13.5. The number of carbonyl (C=O) groups is 2. The normalized spacial score (nSPS) is 18.4. The minimum atomic E-state index is -0.582. The van der Waals surface area contributed by atoms with Gasteiger partial charge in [0.2, 0.25) is 5.91 Å². The molecule has 2 aliphatic heterocycles. The van der Waals surface area contributed by atoms with E-state index in [2.05, 4.69) is 10.6 Å². The molecule has 6 nitrogen and oxygen atoms in total. The molecule has 0 saturated carbocycles. The highest BCUT2D eigenvalue weighted by molar-refractivity contribution is 6.46. The molecule has 0 unspecified atom stereocenters. The van der Waals surface area contributed by atoms with E-state index in [1.54, 1.807) is 0 Å². The van der Waals surface area contributed by atoms with E-state index in [9.17, 15) is 14.0 Å². The third kappa shape index (κ3) is 4.35. The molecule has 1 spiro atoms. The first-order chi connectivity index (χ1) is 13.9. The van der Waals surface area contributed by atoms with E-state index in [0.717, 1.165) is 11.1 Å². The fourth-order valence-corrected chi connectivity index (χ4v) is 3.73. The number of aliphatic imine (C=N–C) groups is 1. The molecule has 0 atom stereocenters. The zero-order chi connectivity index (χ0) is 20.4. The summed E-state index contributed by atoms with van der Waals surface area (Å²) in [5.74, 6) is -0.628. The number of benzene rings is 2. The number of nitrogens with zero attached hydrogens (tertiary/aromatic N) is 2. The Morgan fingerprint density at radius 1 is 1.14 bits per heavy atom. The molecule has 2 aliphatic rings. The molecule has 150 valence electrons. The van der Waals surface area contributed by atoms with Crippen LogP contribution in [0.5, 0.6) is 0 Å². The number of nitrogens with one attached hydrogen (secondary N) is 2. The fraction of sp³-hybridized carbons (Fsp3) is 0.318. The highest BCUT2D eigenvalue weighted by Gasteiger charge is 2.42. The lowest BCUT2D eigenvalue weighted by Gasteiger charge is -2.36. The summed E-state index contributed by atoms with van der Waals surface area (Å²) < 4.78 is 13.0. The quantitative estimate of drug-likeness (QED) is 0.837. The monoisotopic (exact) mass is 394 g/mol. The fourth-order valence-electron chi connectivity index (χ4n) is 3.73. The maximum atomic E-state index is 13.0. The Balaban J connectivity index is 1.35. The van der Waals surface area contributed by atoms with Crippen molar-refractivity contribution in [1.29, 1.82) is 0 Å². The van der Waals surface area contributed by atoms with Crippen LogP contribution in [0.4, 0.5) is 10.1 Å². The molecule has 2 aromatic carbocycles. The Labute approximate surface area is 168 Å². The SMILES string of the molecule is Cc1ccc(C2=NC3(CCN(CC(=O)Nc4ccc(F)cc4)CC3)NC2=O)cc1. The van der Waals surface area contributed by atoms with Crippen LogP contribution in [-0.2, 0) is 9.59 Å². The number of hydrogen-bond acceptors (Lipinski definition) is 4. The predicted molar refractivity (Wildman–Crippen MR) is 109 cm³/mol. The number of piperidine rings is 1. The van der Waals surface area contributed by atoms with E-state index in [0.29, 0.717) is 37.3 Å². The Kier molecular flexibility index (Phi) is 5.15. The zero-order valence-corrected chi connectivity index (χ0v) is 16.2. The van der Waals surface area contributed by atoms with Crippen LogP contribution in [0.1, 0.15) is 24.0 Å². The molecule has 1 saturated heterocycles. The van der Waals surface area contributed by atoms with E-state index in [-0.39, 0.29) is 24.2 Å². The summed E-state index contributed by atoms with van der Waals surface area (Å²) in [7, 11) is 0. The maximum absolute atomic E-state index is 13.0. The zero-order valence-electron chi connectivity index (χ0n) is 16.2. The summed E-state index contributed by atoms with van der Waals surface area (Å²) in [6.45, 7) is 3.56. The predicted octanol–water partition coefficient (Wildman–Crippen LogP) is 2.48. The molecular weight excluding hydrogens is 371 g/mol. The lowest BCUT2D eigenvalue weighted by atomic mass is 9.98. The van der Waals surface area contributed by atoms with Crippen molar-refractivity contribution in [2.45, 2.75) is 25.4 Å². The van der Waals surface area contributed by atoms with Crippen LogP contribution >= 0.6 is 0 Å². The van der Waals surface area contributed by atoms with Gasteiger partial charge in [0.05, 0.1) is 6.54 Å². The molecule has 29 heavy (non-hydrogen) atoms. The third-order valence-corrected chi connectivity index (χ3v) is 5.39. The second-order valence-corrected chi connectivity index (χ2v) is 7.64. The van der Waals surface area contributed by atoms with Gasteiger partial charge in [-0.1, -0.05) is 29.8 Å². The van der Waals surface area contributed by atoms with E-state index in [1.165, 1.54) is 24.3 Å². The van der Waals surface area contributed by atoms with Crippen LogP contribution in [0.2, 0.25) is 0 Å². The molecule has 0 bridgehead atoms. The molecule has 0 aromatic heterocycles. The van der Waals surface area contributed by atoms with Crippen molar-refractivity contribution in [3.8, 4) is 0 Å². The number of halogens is 1. The van der Waals surface area contributed by atoms with Gasteiger partial charge in [-0.2, -0.15) is 0 Å². The molecule has 0 radical (unpaired) electrons. The van der Waals surface area contributed by atoms with Crippen LogP contribution in [0.3, 0.4) is 0 Å². The number of likely N-dealkylation sites (tertiary alicyclic amines) is 1. The average molecular weight is 394 g/mol. The number of amides is 2. The first-order valence-electron chi connectivity index (χ1n) is 9.70. The number of anilines is 1. The summed E-state index contributed by atoms with van der Waals surface area (Å²) in [6.07, 6.45) is 1.30. The second-order valence-electron chi connectivity index (χ2n) is 7.64. The smallest absolute Gasteiger partial charge is 0.272 e. The van der Waals surface area contributed by atoms with Gasteiger partial charge in [-0.05, 0) is 31.2 Å². The molecule has 4 rings (SSSR count). The second kappa shape index (κ2) is 7.75. The number of carbonyl (C=O) groups excluding carboxylic acids is 2. The van der Waals surface area contributed by atoms with Crippen LogP contribution in [0.15, 0.2) is 53.5 Å². The molecule has 1 fully saturated rings. The molecule has 2 N–H and O–H groups in total. The first-order valence-corrected chi connectivity index (χ1v) is 9.70. The number of rotatable bonds is 4. The van der Waals surface area contributed by atoms with Crippen LogP contribution in [0.25, 0.3) is 0 Å². The Hall–Kier alpha value is -3.06. The summed E-state index contributed by atoms with van der Waals surface area (Å²) >= 11 is 0. The van der Waals surface area contributed by atoms with Crippen molar-refractivity contribution in [2.75, 3.05) is 25.0 Å². The molecule has 7 heteroatoms. The summed E-state index contributed by atoms with van der Waals surface area (Å²) in [4.78, 5) is 31.5. The molecule has 2 aromatic rings. The Morgan fingerprint density at radius 3 is 2.45 bits per heavy atom. The number of aryl methyl sites for hydroxylation is 1. The van der Waals surface area contributed by atoms with Crippen molar-refractivity contribution in [2.24, 2.45) is 4.99 Å². The van der Waals surface area contributed by atoms with Gasteiger partial charge >= 0.3 is 0 Å². The lowest BCUT2D eigenvalue weighted by molar-refractivity contribution is -0.119. The van der Waals surface area contributed by atoms with Gasteiger partial charge in [-0.3, -0.25) is 19.5 Å². The van der Waals surface area contributed by atoms with E-state index >= 15 is 0 Å². The van der Waals surface area contributed by atoms with Gasteiger partial charge in [0.1, 0.15) is 17.2 Å². The van der Waals surface area contributed by atoms with Gasteiger partial charge in [0.15, 0.2) is 0 Å². The summed E-state index contributed by atoms with van der Waals surface area (Å²) in [5.41, 5.74) is 2.43. The molecule has 2 heterocycles. The van der Waals surface area contributed by atoms with Gasteiger partial charge < -0.3 is 10.6 Å². The van der Waals surface area contributed by atoms with E-state index < -0.39 is 5.66 Å². The standard InChI is InChI=1S/C22H23FN4O2/c1-15-2-4-16(5-3-15)20-21(29)26-22(25-20)10-12-27(13-11-22)14-19(28)24-18-8-6-17(23)7-9-18/h2-9H,10-14H2,1H3,(H,24,28)(H,26,29). The molecule has 2 amide bonds. The Morgan fingerprint density at radius 2 is 1.79 bits per heavy atom. The van der Waals surface area contributed by atoms with Crippen molar-refractivity contribution in [3.05, 3.63) is 65.5 Å². The van der Waals surface area contributed by atoms with E-state index in [4.69, 9.17) is 4.99 Å². The average Bonchev–Trinajstić information content (AvgIpc) is 3.02. The minimum Gasteiger partial charge on any atom is -0.326 e. The lowest BCUT2D eigenvalue weighted by Crippen LogP contribution is -2.52. The van der Waals surface area contributed by atoms with Gasteiger partial charge in [-0.25, -0.2) is 4.39 Å². The van der Waals surface area contributed by atoms with Gasteiger partial charge in [-0.15, -0.1) is 0 Å². The van der Waals surface area contributed by atoms with Crippen molar-refractivity contribution >= 4 is 23.2 Å². The highest BCUT2D eigenvalue weighted by Crippen LogP contribution is 2.28. The van der Waals surface area contributed by atoms with E-state index in [1.807, 2.05) is 36.1 Å². The highest BCUT2D eigenvalue weighted by atomic mass is 19.1. The third-order valence-electron chi connectivity index (χ3n) is 5.39. The topological polar surface area (TPSA) is 73.8 Å². The first kappa shape index (κ1) is 19.3. The van der Waals surface area contributed by atoms with Crippen LogP contribution in [-0.4, -0.2) is 47.7 Å².